The van der Waals surface area contributed by atoms with E-state index in [1.165, 1.54) is 24.0 Å². The predicted molar refractivity (Wildman–Crippen MR) is 110 cm³/mol. The molecule has 0 aromatic heterocycles. The molecule has 2 aliphatic heterocycles. The summed E-state index contributed by atoms with van der Waals surface area (Å²) in [5, 5.41) is 0. The van der Waals surface area contributed by atoms with E-state index in [-0.39, 0.29) is 0 Å². The molecule has 0 N–H and O–H groups in total. The van der Waals surface area contributed by atoms with E-state index in [1.807, 2.05) is 0 Å². The van der Waals surface area contributed by atoms with E-state index in [0.717, 1.165) is 65.1 Å². The van der Waals surface area contributed by atoms with Crippen LogP contribution in [0.15, 0.2) is 24.3 Å². The van der Waals surface area contributed by atoms with Crippen molar-refractivity contribution in [2.24, 2.45) is 11.3 Å². The van der Waals surface area contributed by atoms with Crippen molar-refractivity contribution in [1.82, 2.24) is 14.7 Å². The second-order valence-electron chi connectivity index (χ2n) is 9.05. The first kappa shape index (κ1) is 18.9. The fourth-order valence-corrected chi connectivity index (χ4v) is 5.03. The normalized spacial score (nSPS) is 26.1. The van der Waals surface area contributed by atoms with Crippen LogP contribution in [0.1, 0.15) is 43.7 Å². The molecular formula is C23H35N3O. The van der Waals surface area contributed by atoms with Crippen molar-refractivity contribution < 1.29 is 4.79 Å². The Bertz CT molecular complexity index is 648. The van der Waals surface area contributed by atoms with Crippen LogP contribution in [-0.4, -0.2) is 66.9 Å². The number of piperidine rings is 1. The maximum absolute atomic E-state index is 13.0. The van der Waals surface area contributed by atoms with Crippen molar-refractivity contribution in [3.8, 4) is 0 Å². The first-order chi connectivity index (χ1) is 13.1. The van der Waals surface area contributed by atoms with E-state index in [4.69, 9.17) is 0 Å². The Balaban J connectivity index is 1.27. The van der Waals surface area contributed by atoms with Gasteiger partial charge >= 0.3 is 0 Å². The molecule has 0 radical (unpaired) electrons. The summed E-state index contributed by atoms with van der Waals surface area (Å²) in [5.41, 5.74) is 3.16. The minimum Gasteiger partial charge on any atom is -0.341 e. The zero-order chi connectivity index (χ0) is 18.9. The molecule has 2 heterocycles. The third-order valence-corrected chi connectivity index (χ3v) is 7.21. The lowest BCUT2D eigenvalue weighted by Crippen LogP contribution is -2.39. The van der Waals surface area contributed by atoms with Gasteiger partial charge in [0.25, 0.3) is 0 Å². The smallest absolute Gasteiger partial charge is 0.226 e. The van der Waals surface area contributed by atoms with E-state index in [0.29, 0.717) is 17.2 Å². The lowest BCUT2D eigenvalue weighted by Gasteiger charge is -2.33. The lowest BCUT2D eigenvalue weighted by molar-refractivity contribution is -0.133. The molecule has 4 rings (SSSR count). The van der Waals surface area contributed by atoms with E-state index in [2.05, 4.69) is 52.9 Å². The van der Waals surface area contributed by atoms with Crippen LogP contribution >= 0.6 is 0 Å². The Morgan fingerprint density at radius 1 is 1.00 bits per heavy atom. The number of amides is 1. The Morgan fingerprint density at radius 2 is 1.70 bits per heavy atom. The van der Waals surface area contributed by atoms with Crippen molar-refractivity contribution in [3.63, 3.8) is 0 Å². The van der Waals surface area contributed by atoms with Gasteiger partial charge in [-0.3, -0.25) is 9.69 Å². The summed E-state index contributed by atoms with van der Waals surface area (Å²) in [4.78, 5) is 20.1. The molecular weight excluding hydrogens is 334 g/mol. The van der Waals surface area contributed by atoms with Crippen molar-refractivity contribution in [2.75, 3.05) is 46.3 Å². The summed E-state index contributed by atoms with van der Waals surface area (Å²) in [6.07, 6.45) is 5.76. The van der Waals surface area contributed by atoms with Crippen LogP contribution in [0.5, 0.6) is 0 Å². The van der Waals surface area contributed by atoms with Crippen LogP contribution in [0.4, 0.5) is 0 Å². The van der Waals surface area contributed by atoms with Crippen LogP contribution in [0, 0.1) is 11.3 Å². The number of likely N-dealkylation sites (N-methyl/N-ethyl adjacent to an activating group) is 1. The maximum atomic E-state index is 13.0. The number of rotatable bonds is 4. The standard InChI is InChI=1S/C23H35N3O/c1-3-19-5-7-20(8-6-19)18-25-13-9-23(10-14-25)17-21(23)22(27)26-12-4-11-24(2)15-16-26/h5-8,21H,3-4,9-18H2,1-2H3. The molecule has 1 amide bonds. The SMILES string of the molecule is CCc1ccc(CN2CCC3(CC2)CC3C(=O)N2CCCN(C)CC2)cc1. The number of nitrogens with zero attached hydrogens (tertiary/aromatic N) is 3. The van der Waals surface area contributed by atoms with E-state index >= 15 is 0 Å². The zero-order valence-electron chi connectivity index (χ0n) is 17.1. The Labute approximate surface area is 164 Å². The van der Waals surface area contributed by atoms with Gasteiger partial charge in [-0.05, 0) is 75.3 Å². The van der Waals surface area contributed by atoms with Crippen molar-refractivity contribution in [1.29, 1.82) is 0 Å². The Morgan fingerprint density at radius 3 is 2.41 bits per heavy atom. The fraction of sp³-hybridized carbons (Fsp3) is 0.696. The van der Waals surface area contributed by atoms with Gasteiger partial charge in [0.2, 0.25) is 5.91 Å². The lowest BCUT2D eigenvalue weighted by atomic mass is 9.90. The van der Waals surface area contributed by atoms with Gasteiger partial charge in [-0.15, -0.1) is 0 Å². The van der Waals surface area contributed by atoms with Gasteiger partial charge in [-0.25, -0.2) is 0 Å². The molecule has 27 heavy (non-hydrogen) atoms. The average Bonchev–Trinajstić information content (AvgIpc) is 3.44. The molecule has 1 spiro atoms. The summed E-state index contributed by atoms with van der Waals surface area (Å²) in [5.74, 6) is 0.765. The van der Waals surface area contributed by atoms with Gasteiger partial charge in [0.1, 0.15) is 0 Å². The van der Waals surface area contributed by atoms with E-state index < -0.39 is 0 Å². The highest BCUT2D eigenvalue weighted by Crippen LogP contribution is 2.60. The molecule has 4 nitrogen and oxygen atoms in total. The number of likely N-dealkylation sites (tertiary alicyclic amines) is 1. The summed E-state index contributed by atoms with van der Waals surface area (Å²) >= 11 is 0. The number of hydrogen-bond donors (Lipinski definition) is 0. The summed E-state index contributed by atoms with van der Waals surface area (Å²) in [7, 11) is 2.16. The quantitative estimate of drug-likeness (QED) is 0.816. The molecule has 1 saturated carbocycles. The average molecular weight is 370 g/mol. The van der Waals surface area contributed by atoms with Crippen LogP contribution in [0.25, 0.3) is 0 Å². The maximum Gasteiger partial charge on any atom is 0.226 e. The van der Waals surface area contributed by atoms with Gasteiger partial charge in [0, 0.05) is 32.1 Å². The molecule has 0 bridgehead atoms. The molecule has 3 fully saturated rings. The van der Waals surface area contributed by atoms with Crippen LogP contribution in [-0.2, 0) is 17.8 Å². The molecule has 1 atom stereocenters. The molecule has 1 aromatic carbocycles. The summed E-state index contributed by atoms with van der Waals surface area (Å²) in [6, 6.07) is 9.08. The number of aryl methyl sites for hydroxylation is 1. The van der Waals surface area contributed by atoms with Gasteiger partial charge in [0.05, 0.1) is 0 Å². The van der Waals surface area contributed by atoms with E-state index in [1.54, 1.807) is 0 Å². The predicted octanol–water partition coefficient (Wildman–Crippen LogP) is 3.02. The summed E-state index contributed by atoms with van der Waals surface area (Å²) < 4.78 is 0. The zero-order valence-corrected chi connectivity index (χ0v) is 17.1. The van der Waals surface area contributed by atoms with Crippen LogP contribution < -0.4 is 0 Å². The van der Waals surface area contributed by atoms with Gasteiger partial charge in [0.15, 0.2) is 0 Å². The van der Waals surface area contributed by atoms with Gasteiger partial charge in [-0.1, -0.05) is 31.2 Å². The third kappa shape index (κ3) is 4.22. The second kappa shape index (κ2) is 7.92. The second-order valence-corrected chi connectivity index (χ2v) is 9.05. The molecule has 1 aliphatic carbocycles. The Hall–Kier alpha value is -1.39. The first-order valence-corrected chi connectivity index (χ1v) is 10.9. The molecule has 1 unspecified atom stereocenters. The van der Waals surface area contributed by atoms with E-state index in [9.17, 15) is 4.79 Å². The highest BCUT2D eigenvalue weighted by molar-refractivity contribution is 5.82. The first-order valence-electron chi connectivity index (χ1n) is 10.9. The third-order valence-electron chi connectivity index (χ3n) is 7.21. The summed E-state index contributed by atoms with van der Waals surface area (Å²) in [6.45, 7) is 9.55. The highest BCUT2D eigenvalue weighted by atomic mass is 16.2. The topological polar surface area (TPSA) is 26.8 Å². The number of hydrogen-bond acceptors (Lipinski definition) is 3. The largest absolute Gasteiger partial charge is 0.341 e. The molecule has 148 valence electrons. The minimum atomic E-state index is 0.312. The molecule has 1 aromatic rings. The van der Waals surface area contributed by atoms with Crippen molar-refractivity contribution in [3.05, 3.63) is 35.4 Å². The molecule has 2 saturated heterocycles. The molecule has 3 aliphatic rings. The fourth-order valence-electron chi connectivity index (χ4n) is 5.03. The Kier molecular flexibility index (Phi) is 5.56. The monoisotopic (exact) mass is 369 g/mol. The number of carbonyl (C=O) groups excluding carboxylic acids is 1. The van der Waals surface area contributed by atoms with Crippen molar-refractivity contribution in [2.45, 2.75) is 45.6 Å². The highest BCUT2D eigenvalue weighted by Gasteiger charge is 2.59. The number of benzene rings is 1. The number of carbonyl (C=O) groups is 1. The van der Waals surface area contributed by atoms with Crippen LogP contribution in [0.3, 0.4) is 0 Å². The molecule has 4 heteroatoms. The van der Waals surface area contributed by atoms with Gasteiger partial charge in [-0.2, -0.15) is 0 Å². The van der Waals surface area contributed by atoms with Gasteiger partial charge < -0.3 is 9.80 Å². The van der Waals surface area contributed by atoms with Crippen LogP contribution in [0.2, 0.25) is 0 Å². The minimum absolute atomic E-state index is 0.312. The van der Waals surface area contributed by atoms with Crippen molar-refractivity contribution >= 4 is 5.91 Å².